The van der Waals surface area contributed by atoms with Crippen molar-refractivity contribution in [1.82, 2.24) is 51.6 Å². The molecule has 1 unspecified atom stereocenters. The molecule has 1 aromatic heterocycles. The molecular weight excluding hydrogens is 1070 g/mol. The van der Waals surface area contributed by atoms with Crippen molar-refractivity contribution >= 4 is 77.0 Å². The number of urea groups is 1. The SMILES string of the molecule is C[C@H]1CN(CC(=O)O)CCN(CC(=O)O)Cc2cccc(n2)CN1CC(=O)Oc1ccc(CNC(=S)NCCCCC(NC(=O)CCCCCCC(=O)NCCCC[C@H](NC(=O)N[C@H](CCC(=O)O)C(=O)O)C(=O)O)C(=O)O)cc1. The van der Waals surface area contributed by atoms with E-state index < -0.39 is 78.3 Å². The highest BCUT2D eigenvalue weighted by molar-refractivity contribution is 7.80. The van der Waals surface area contributed by atoms with Crippen molar-refractivity contribution in [2.24, 2.45) is 0 Å². The van der Waals surface area contributed by atoms with Crippen LogP contribution in [0.5, 0.6) is 5.75 Å². The lowest BCUT2D eigenvalue weighted by Crippen LogP contribution is -2.51. The van der Waals surface area contributed by atoms with Crippen LogP contribution in [-0.2, 0) is 62.8 Å². The summed E-state index contributed by atoms with van der Waals surface area (Å²) in [5, 5.41) is 72.2. The third-order valence-electron chi connectivity index (χ3n) is 12.6. The second-order valence-corrected chi connectivity index (χ2v) is 19.8. The first-order valence-corrected chi connectivity index (χ1v) is 26.9. The third-order valence-corrected chi connectivity index (χ3v) is 12.9. The fraction of sp³-hybridized carbons (Fsp3) is 0.577. The van der Waals surface area contributed by atoms with Gasteiger partial charge in [0.15, 0.2) is 5.11 Å². The number of nitrogens with one attached hydrogen (secondary N) is 6. The molecule has 2 heterocycles. The Bertz CT molecular complexity index is 2400. The summed E-state index contributed by atoms with van der Waals surface area (Å²) in [5.41, 5.74) is 2.15. The summed E-state index contributed by atoms with van der Waals surface area (Å²) in [5.74, 6) is -8.06. The molecule has 0 radical (unpaired) electrons. The number of carboxylic acid groups (broad SMARTS) is 6. The van der Waals surface area contributed by atoms with Crippen molar-refractivity contribution in [1.29, 1.82) is 0 Å². The molecule has 442 valence electrons. The number of unbranched alkanes of at least 4 members (excludes halogenated alkanes) is 5. The van der Waals surface area contributed by atoms with E-state index in [4.69, 9.17) is 27.0 Å². The summed E-state index contributed by atoms with van der Waals surface area (Å²) < 4.78 is 5.69. The highest BCUT2D eigenvalue weighted by Gasteiger charge is 2.27. The van der Waals surface area contributed by atoms with E-state index in [1.807, 2.05) is 24.0 Å². The lowest BCUT2D eigenvalue weighted by Gasteiger charge is -2.34. The minimum absolute atomic E-state index is 0.00609. The monoisotopic (exact) mass is 1140 g/mol. The normalized spacial score (nSPS) is 15.2. The van der Waals surface area contributed by atoms with Crippen molar-refractivity contribution < 1.29 is 83.3 Å². The molecule has 1 aliphatic heterocycles. The van der Waals surface area contributed by atoms with Gasteiger partial charge in [0.1, 0.15) is 23.9 Å². The van der Waals surface area contributed by atoms with Crippen LogP contribution in [0.1, 0.15) is 114 Å². The summed E-state index contributed by atoms with van der Waals surface area (Å²) in [7, 11) is 0. The number of rotatable bonds is 35. The zero-order valence-corrected chi connectivity index (χ0v) is 45.7. The molecule has 12 N–H and O–H groups in total. The number of benzene rings is 1. The van der Waals surface area contributed by atoms with Gasteiger partial charge in [-0.3, -0.25) is 48.5 Å². The van der Waals surface area contributed by atoms with Gasteiger partial charge < -0.3 is 67.3 Å². The average molecular weight is 1150 g/mol. The number of aromatic nitrogens is 1. The molecule has 1 aromatic carbocycles. The number of hydrogen-bond acceptors (Lipinski definition) is 16. The zero-order chi connectivity index (χ0) is 59.0. The number of nitrogens with zero attached hydrogens (tertiary/aromatic N) is 4. The molecule has 0 fully saturated rings. The van der Waals surface area contributed by atoms with Crippen molar-refractivity contribution in [2.45, 2.75) is 141 Å². The van der Waals surface area contributed by atoms with Gasteiger partial charge in [0.25, 0.3) is 0 Å². The van der Waals surface area contributed by atoms with Gasteiger partial charge in [0.2, 0.25) is 11.8 Å². The predicted molar refractivity (Wildman–Crippen MR) is 290 cm³/mol. The summed E-state index contributed by atoms with van der Waals surface area (Å²) in [6, 6.07) is 7.00. The van der Waals surface area contributed by atoms with Gasteiger partial charge >= 0.3 is 47.8 Å². The van der Waals surface area contributed by atoms with E-state index in [9.17, 15) is 73.5 Å². The van der Waals surface area contributed by atoms with Crippen LogP contribution in [0.25, 0.3) is 0 Å². The summed E-state index contributed by atoms with van der Waals surface area (Å²) in [4.78, 5) is 129. The molecule has 0 saturated carbocycles. The maximum atomic E-state index is 13.3. The van der Waals surface area contributed by atoms with E-state index in [1.165, 1.54) is 0 Å². The number of carbonyl (C=O) groups is 10. The predicted octanol–water partition coefficient (Wildman–Crippen LogP) is 1.57. The Balaban J connectivity index is 1.28. The summed E-state index contributed by atoms with van der Waals surface area (Å²) >= 11 is 5.41. The number of esters is 1. The first kappa shape index (κ1) is 66.7. The van der Waals surface area contributed by atoms with Crippen LogP contribution in [0.3, 0.4) is 0 Å². The number of amides is 4. The number of ether oxygens (including phenoxy) is 1. The number of aliphatic carboxylic acids is 6. The van der Waals surface area contributed by atoms with Gasteiger partial charge in [-0.15, -0.1) is 0 Å². The van der Waals surface area contributed by atoms with Crippen LogP contribution in [0.2, 0.25) is 0 Å². The van der Waals surface area contributed by atoms with Crippen molar-refractivity contribution in [3.05, 3.63) is 59.4 Å². The second kappa shape index (κ2) is 36.6. The van der Waals surface area contributed by atoms with Crippen molar-refractivity contribution in [2.75, 3.05) is 52.4 Å². The minimum atomic E-state index is -1.52. The maximum absolute atomic E-state index is 13.3. The number of fused-ring (bicyclic) bond motifs is 2. The molecule has 2 bridgehead atoms. The van der Waals surface area contributed by atoms with Crippen LogP contribution in [0.4, 0.5) is 4.79 Å². The molecule has 0 spiro atoms. The lowest BCUT2D eigenvalue weighted by atomic mass is 10.1. The fourth-order valence-electron chi connectivity index (χ4n) is 8.42. The quantitative estimate of drug-likeness (QED) is 0.0202. The Labute approximate surface area is 468 Å². The average Bonchev–Trinajstić information content (AvgIpc) is 3.40. The van der Waals surface area contributed by atoms with E-state index in [0.29, 0.717) is 99.8 Å². The highest BCUT2D eigenvalue weighted by Crippen LogP contribution is 2.17. The Kier molecular flexibility index (Phi) is 30.5. The smallest absolute Gasteiger partial charge is 0.326 e. The molecular formula is C52H76N10O17S. The van der Waals surface area contributed by atoms with Crippen LogP contribution in [-0.4, -0.2) is 192 Å². The minimum Gasteiger partial charge on any atom is -0.481 e. The Morgan fingerprint density at radius 2 is 1.12 bits per heavy atom. The number of carboxylic acids is 6. The van der Waals surface area contributed by atoms with Crippen molar-refractivity contribution in [3.63, 3.8) is 0 Å². The fourth-order valence-corrected chi connectivity index (χ4v) is 8.59. The molecule has 4 atom stereocenters. The van der Waals surface area contributed by atoms with Gasteiger partial charge in [-0.25, -0.2) is 19.2 Å². The Hall–Kier alpha value is -7.56. The number of pyridine rings is 1. The third kappa shape index (κ3) is 28.9. The van der Waals surface area contributed by atoms with Gasteiger partial charge in [-0.2, -0.15) is 0 Å². The second-order valence-electron chi connectivity index (χ2n) is 19.4. The summed E-state index contributed by atoms with van der Waals surface area (Å²) in [6.45, 7) is 3.73. The topological polar surface area (TPSA) is 396 Å². The van der Waals surface area contributed by atoms with E-state index in [0.717, 1.165) is 5.56 Å². The number of thiocarbonyl (C=S) groups is 1. The van der Waals surface area contributed by atoms with E-state index in [1.54, 1.807) is 40.1 Å². The van der Waals surface area contributed by atoms with Gasteiger partial charge in [-0.05, 0) is 107 Å². The first-order chi connectivity index (χ1) is 38.1. The van der Waals surface area contributed by atoms with Crippen LogP contribution < -0.4 is 36.6 Å². The molecule has 2 aromatic rings. The molecule has 27 nitrogen and oxygen atoms in total. The zero-order valence-electron chi connectivity index (χ0n) is 44.9. The maximum Gasteiger partial charge on any atom is 0.326 e. The largest absolute Gasteiger partial charge is 0.481 e. The Morgan fingerprint density at radius 1 is 0.588 bits per heavy atom. The van der Waals surface area contributed by atoms with Gasteiger partial charge in [0, 0.05) is 77.7 Å². The van der Waals surface area contributed by atoms with E-state index in [-0.39, 0.29) is 89.9 Å². The Morgan fingerprint density at radius 3 is 1.71 bits per heavy atom. The standard InChI is InChI=1S/C52H76N10O17S/c1-34-28-60(31-45(67)68)25-26-61(32-46(69)70)29-36-11-10-12-37(56-36)30-62(34)33-47(71)79-38-19-17-35(18-20-38)27-55-52(80)54-24-9-7-13-39(48(72)73)57-43(64)16-5-3-2-4-15-42(63)53-23-8-6-14-40(49(74)75)58-51(78)59-41(50(76)77)21-22-44(65)66/h10-12,17-20,34,39-41H,2-9,13-16,21-33H2,1H3,(H,53,63)(H,57,64)(H,65,66)(H,67,68)(H,69,70)(H,72,73)(H,74,75)(H,76,77)(H2,54,55,80)(H2,58,59,78)/t34-,39?,40-,41+/m0/s1. The molecule has 1 aliphatic rings. The lowest BCUT2D eigenvalue weighted by molar-refractivity contribution is -0.142. The molecule has 4 amide bonds. The number of carbonyl (C=O) groups excluding carboxylic acids is 4. The molecule has 0 saturated heterocycles. The van der Waals surface area contributed by atoms with E-state index in [2.05, 4.69) is 31.9 Å². The highest BCUT2D eigenvalue weighted by atomic mass is 32.1. The van der Waals surface area contributed by atoms with Gasteiger partial charge in [-0.1, -0.05) is 31.0 Å². The molecule has 0 aliphatic carbocycles. The summed E-state index contributed by atoms with van der Waals surface area (Å²) in [6.07, 6.45) is 3.75. The van der Waals surface area contributed by atoms with Crippen LogP contribution >= 0.6 is 12.2 Å². The van der Waals surface area contributed by atoms with Crippen LogP contribution in [0, 0.1) is 0 Å². The molecule has 3 rings (SSSR count). The molecule has 80 heavy (non-hydrogen) atoms. The molecule has 28 heteroatoms. The number of hydrogen-bond donors (Lipinski definition) is 12. The van der Waals surface area contributed by atoms with Crippen LogP contribution in [0.15, 0.2) is 42.5 Å². The van der Waals surface area contributed by atoms with E-state index >= 15 is 0 Å². The van der Waals surface area contributed by atoms with Gasteiger partial charge in [0.05, 0.1) is 31.0 Å². The van der Waals surface area contributed by atoms with Crippen molar-refractivity contribution in [3.8, 4) is 5.75 Å². The first-order valence-electron chi connectivity index (χ1n) is 26.5.